The van der Waals surface area contributed by atoms with Crippen LogP contribution in [0.2, 0.25) is 0 Å². The molecule has 2 fully saturated rings. The average molecular weight is 296 g/mol. The van der Waals surface area contributed by atoms with Crippen LogP contribution in [0.25, 0.3) is 0 Å². The lowest BCUT2D eigenvalue weighted by molar-refractivity contribution is -0.134. The van der Waals surface area contributed by atoms with E-state index >= 15 is 0 Å². The van der Waals surface area contributed by atoms with Gasteiger partial charge in [0.2, 0.25) is 11.8 Å². The van der Waals surface area contributed by atoms with E-state index in [-0.39, 0.29) is 11.8 Å². The van der Waals surface area contributed by atoms with Gasteiger partial charge in [-0.1, -0.05) is 0 Å². The van der Waals surface area contributed by atoms with Crippen molar-refractivity contribution in [2.75, 3.05) is 39.9 Å². The van der Waals surface area contributed by atoms with Gasteiger partial charge in [0.15, 0.2) is 0 Å². The molecule has 2 aliphatic rings. The Balaban J connectivity index is 1.66. The van der Waals surface area contributed by atoms with E-state index in [2.05, 4.69) is 0 Å². The number of carbonyl (C=O) groups is 2. The zero-order chi connectivity index (χ0) is 15.1. The third-order valence-corrected chi connectivity index (χ3v) is 4.59. The number of methoxy groups -OCH3 is 1. The standard InChI is InChI=1S/C16H28N2O3/c1-21-12-8-14-5-2-11-18(13-14)16(20)7-4-10-17-9-3-6-15(17)19/h14H,2-13H2,1H3/t14-/m1/s1. The molecule has 0 saturated carbocycles. The van der Waals surface area contributed by atoms with Crippen molar-refractivity contribution >= 4 is 11.8 Å². The summed E-state index contributed by atoms with van der Waals surface area (Å²) in [7, 11) is 1.73. The number of hydrogen-bond donors (Lipinski definition) is 0. The molecular formula is C16H28N2O3. The normalized spacial score (nSPS) is 22.9. The van der Waals surface area contributed by atoms with Crippen LogP contribution < -0.4 is 0 Å². The van der Waals surface area contributed by atoms with Crippen LogP contribution in [0.1, 0.15) is 44.9 Å². The van der Waals surface area contributed by atoms with E-state index in [0.29, 0.717) is 18.8 Å². The fourth-order valence-corrected chi connectivity index (χ4v) is 3.33. The van der Waals surface area contributed by atoms with Gasteiger partial charge in [0, 0.05) is 52.7 Å². The van der Waals surface area contributed by atoms with Crippen LogP contribution in [0, 0.1) is 5.92 Å². The highest BCUT2D eigenvalue weighted by Crippen LogP contribution is 2.20. The molecule has 0 unspecified atom stereocenters. The molecule has 2 rings (SSSR count). The third-order valence-electron chi connectivity index (χ3n) is 4.59. The highest BCUT2D eigenvalue weighted by Gasteiger charge is 2.24. The largest absolute Gasteiger partial charge is 0.385 e. The van der Waals surface area contributed by atoms with Crippen LogP contribution in [-0.4, -0.2) is 61.5 Å². The molecule has 120 valence electrons. The van der Waals surface area contributed by atoms with Gasteiger partial charge < -0.3 is 14.5 Å². The molecule has 0 bridgehead atoms. The van der Waals surface area contributed by atoms with Crippen molar-refractivity contribution in [1.29, 1.82) is 0 Å². The lowest BCUT2D eigenvalue weighted by Gasteiger charge is -2.33. The Morgan fingerprint density at radius 3 is 2.90 bits per heavy atom. The smallest absolute Gasteiger partial charge is 0.222 e. The van der Waals surface area contributed by atoms with Crippen LogP contribution in [0.15, 0.2) is 0 Å². The lowest BCUT2D eigenvalue weighted by atomic mass is 9.95. The summed E-state index contributed by atoms with van der Waals surface area (Å²) < 4.78 is 5.13. The Labute approximate surface area is 127 Å². The zero-order valence-corrected chi connectivity index (χ0v) is 13.2. The zero-order valence-electron chi connectivity index (χ0n) is 13.2. The number of ether oxygens (including phenoxy) is 1. The molecule has 2 saturated heterocycles. The molecule has 0 radical (unpaired) electrons. The van der Waals surface area contributed by atoms with Crippen molar-refractivity contribution in [2.45, 2.75) is 44.9 Å². The van der Waals surface area contributed by atoms with E-state index in [1.165, 1.54) is 6.42 Å². The van der Waals surface area contributed by atoms with E-state index in [1.807, 2.05) is 9.80 Å². The van der Waals surface area contributed by atoms with E-state index in [0.717, 1.165) is 58.5 Å². The van der Waals surface area contributed by atoms with E-state index < -0.39 is 0 Å². The summed E-state index contributed by atoms with van der Waals surface area (Å²) in [4.78, 5) is 27.7. The molecule has 2 amide bonds. The maximum Gasteiger partial charge on any atom is 0.222 e. The number of likely N-dealkylation sites (tertiary alicyclic amines) is 2. The fourth-order valence-electron chi connectivity index (χ4n) is 3.33. The molecule has 2 aliphatic heterocycles. The average Bonchev–Trinajstić information content (AvgIpc) is 2.91. The number of amides is 2. The molecule has 0 spiro atoms. The first-order valence-corrected chi connectivity index (χ1v) is 8.25. The Morgan fingerprint density at radius 1 is 1.33 bits per heavy atom. The molecule has 5 heteroatoms. The van der Waals surface area contributed by atoms with Crippen molar-refractivity contribution in [3.63, 3.8) is 0 Å². The number of hydrogen-bond acceptors (Lipinski definition) is 3. The molecule has 0 aromatic rings. The minimum absolute atomic E-state index is 0.250. The SMILES string of the molecule is COCC[C@H]1CCCN(C(=O)CCCN2CCCC2=O)C1. The van der Waals surface area contributed by atoms with Gasteiger partial charge in [-0.15, -0.1) is 0 Å². The predicted octanol–water partition coefficient (Wildman–Crippen LogP) is 1.66. The van der Waals surface area contributed by atoms with Gasteiger partial charge in [0.25, 0.3) is 0 Å². The second-order valence-electron chi connectivity index (χ2n) is 6.22. The maximum atomic E-state index is 12.3. The Kier molecular flexibility index (Phi) is 6.49. The highest BCUT2D eigenvalue weighted by atomic mass is 16.5. The van der Waals surface area contributed by atoms with Crippen molar-refractivity contribution in [1.82, 2.24) is 9.80 Å². The molecule has 2 heterocycles. The number of piperidine rings is 1. The first-order valence-electron chi connectivity index (χ1n) is 8.25. The minimum atomic E-state index is 0.250. The molecule has 0 aromatic heterocycles. The third kappa shape index (κ3) is 4.99. The monoisotopic (exact) mass is 296 g/mol. The van der Waals surface area contributed by atoms with Crippen molar-refractivity contribution < 1.29 is 14.3 Å². The minimum Gasteiger partial charge on any atom is -0.385 e. The lowest BCUT2D eigenvalue weighted by Crippen LogP contribution is -2.40. The van der Waals surface area contributed by atoms with Crippen molar-refractivity contribution in [3.8, 4) is 0 Å². The molecule has 1 atom stereocenters. The summed E-state index contributed by atoms with van der Waals surface area (Å²) in [5.41, 5.74) is 0. The molecule has 0 aliphatic carbocycles. The molecule has 0 aromatic carbocycles. The summed E-state index contributed by atoms with van der Waals surface area (Å²) in [6.45, 7) is 4.17. The van der Waals surface area contributed by atoms with Gasteiger partial charge in [0.1, 0.15) is 0 Å². The molecule has 0 N–H and O–H groups in total. The van der Waals surface area contributed by atoms with Gasteiger partial charge in [-0.3, -0.25) is 9.59 Å². The van der Waals surface area contributed by atoms with Gasteiger partial charge in [-0.25, -0.2) is 0 Å². The van der Waals surface area contributed by atoms with E-state index in [4.69, 9.17) is 4.74 Å². The van der Waals surface area contributed by atoms with Gasteiger partial charge in [-0.2, -0.15) is 0 Å². The summed E-state index contributed by atoms with van der Waals surface area (Å²) in [5.74, 6) is 1.09. The van der Waals surface area contributed by atoms with E-state index in [1.54, 1.807) is 7.11 Å². The summed E-state index contributed by atoms with van der Waals surface area (Å²) in [6.07, 6.45) is 6.37. The Morgan fingerprint density at radius 2 is 2.19 bits per heavy atom. The van der Waals surface area contributed by atoms with Gasteiger partial charge in [-0.05, 0) is 38.0 Å². The second kappa shape index (κ2) is 8.37. The van der Waals surface area contributed by atoms with E-state index in [9.17, 15) is 9.59 Å². The molecule has 5 nitrogen and oxygen atoms in total. The summed E-state index contributed by atoms with van der Waals surface area (Å²) in [5, 5.41) is 0. The maximum absolute atomic E-state index is 12.3. The molecular weight excluding hydrogens is 268 g/mol. The highest BCUT2D eigenvalue weighted by molar-refractivity contribution is 5.78. The number of rotatable bonds is 7. The summed E-state index contributed by atoms with van der Waals surface area (Å²) >= 11 is 0. The van der Waals surface area contributed by atoms with Crippen LogP contribution in [-0.2, 0) is 14.3 Å². The van der Waals surface area contributed by atoms with Crippen LogP contribution in [0.4, 0.5) is 0 Å². The van der Waals surface area contributed by atoms with Crippen molar-refractivity contribution in [2.24, 2.45) is 5.92 Å². The number of nitrogens with zero attached hydrogens (tertiary/aromatic N) is 2. The second-order valence-corrected chi connectivity index (χ2v) is 6.22. The topological polar surface area (TPSA) is 49.9 Å². The fraction of sp³-hybridized carbons (Fsp3) is 0.875. The molecule has 21 heavy (non-hydrogen) atoms. The van der Waals surface area contributed by atoms with Crippen LogP contribution in [0.3, 0.4) is 0 Å². The first kappa shape index (κ1) is 16.3. The van der Waals surface area contributed by atoms with Gasteiger partial charge >= 0.3 is 0 Å². The summed E-state index contributed by atoms with van der Waals surface area (Å²) in [6, 6.07) is 0. The number of carbonyl (C=O) groups excluding carboxylic acids is 2. The van der Waals surface area contributed by atoms with Crippen LogP contribution >= 0.6 is 0 Å². The first-order chi connectivity index (χ1) is 10.2. The quantitative estimate of drug-likeness (QED) is 0.718. The Bertz CT molecular complexity index is 359. The Hall–Kier alpha value is -1.10. The van der Waals surface area contributed by atoms with Crippen LogP contribution in [0.5, 0.6) is 0 Å². The van der Waals surface area contributed by atoms with Gasteiger partial charge in [0.05, 0.1) is 0 Å². The predicted molar refractivity (Wildman–Crippen MR) is 80.8 cm³/mol. The van der Waals surface area contributed by atoms with Crippen molar-refractivity contribution in [3.05, 3.63) is 0 Å².